The van der Waals surface area contributed by atoms with Crippen LogP contribution >= 0.6 is 0 Å². The molecule has 2 atom stereocenters. The highest BCUT2D eigenvalue weighted by Crippen LogP contribution is 2.12. The molecule has 19 heavy (non-hydrogen) atoms. The number of carboxylic acid groups (broad SMARTS) is 1. The van der Waals surface area contributed by atoms with Crippen molar-refractivity contribution in [3.63, 3.8) is 0 Å². The summed E-state index contributed by atoms with van der Waals surface area (Å²) in [7, 11) is 0. The van der Waals surface area contributed by atoms with Gasteiger partial charge < -0.3 is 16.2 Å². The van der Waals surface area contributed by atoms with E-state index in [4.69, 9.17) is 10.8 Å². The van der Waals surface area contributed by atoms with Crippen molar-refractivity contribution in [2.24, 2.45) is 17.6 Å². The fourth-order valence-corrected chi connectivity index (χ4v) is 2.24. The van der Waals surface area contributed by atoms with Gasteiger partial charge in [0.1, 0.15) is 0 Å². The van der Waals surface area contributed by atoms with Gasteiger partial charge >= 0.3 is 5.97 Å². The first-order valence-electron chi connectivity index (χ1n) is 7.21. The van der Waals surface area contributed by atoms with Gasteiger partial charge in [-0.25, -0.2) is 0 Å². The maximum absolute atomic E-state index is 11.8. The molecule has 0 rings (SSSR count). The zero-order valence-corrected chi connectivity index (χ0v) is 12.2. The van der Waals surface area contributed by atoms with E-state index in [0.717, 1.165) is 25.7 Å². The number of nitrogens with one attached hydrogen (secondary N) is 1. The number of hydrogen-bond acceptors (Lipinski definition) is 3. The van der Waals surface area contributed by atoms with Crippen molar-refractivity contribution in [1.82, 2.24) is 5.32 Å². The summed E-state index contributed by atoms with van der Waals surface area (Å²) >= 11 is 0. The van der Waals surface area contributed by atoms with E-state index in [1.165, 1.54) is 0 Å². The number of carbonyl (C=O) groups is 2. The van der Waals surface area contributed by atoms with Crippen LogP contribution in [0.15, 0.2) is 0 Å². The first kappa shape index (κ1) is 17.9. The second-order valence-corrected chi connectivity index (χ2v) is 5.15. The zero-order chi connectivity index (χ0) is 14.7. The van der Waals surface area contributed by atoms with E-state index in [1.807, 2.05) is 6.92 Å². The Kier molecular flexibility index (Phi) is 10.2. The molecule has 0 saturated carbocycles. The van der Waals surface area contributed by atoms with Crippen molar-refractivity contribution in [2.45, 2.75) is 52.4 Å². The molecular weight excluding hydrogens is 244 g/mol. The molecule has 0 unspecified atom stereocenters. The summed E-state index contributed by atoms with van der Waals surface area (Å²) in [6, 6.07) is 0. The van der Waals surface area contributed by atoms with Gasteiger partial charge in [-0.2, -0.15) is 0 Å². The highest BCUT2D eigenvalue weighted by Gasteiger charge is 2.15. The van der Waals surface area contributed by atoms with Gasteiger partial charge in [0.2, 0.25) is 5.91 Å². The van der Waals surface area contributed by atoms with Crippen molar-refractivity contribution in [2.75, 3.05) is 13.1 Å². The fourth-order valence-electron chi connectivity index (χ4n) is 2.24. The quantitative estimate of drug-likeness (QED) is 0.534. The minimum Gasteiger partial charge on any atom is -0.481 e. The van der Waals surface area contributed by atoms with Gasteiger partial charge in [0.15, 0.2) is 0 Å². The van der Waals surface area contributed by atoms with Gasteiger partial charge in [0, 0.05) is 19.4 Å². The van der Waals surface area contributed by atoms with E-state index in [0.29, 0.717) is 19.5 Å². The minimum absolute atomic E-state index is 0.0182. The number of aliphatic carboxylic acids is 1. The molecule has 0 aliphatic rings. The molecule has 0 spiro atoms. The summed E-state index contributed by atoms with van der Waals surface area (Å²) in [6.45, 7) is 5.06. The van der Waals surface area contributed by atoms with Crippen LogP contribution < -0.4 is 11.1 Å². The third-order valence-corrected chi connectivity index (χ3v) is 3.25. The average molecular weight is 272 g/mol. The lowest BCUT2D eigenvalue weighted by atomic mass is 9.98. The largest absolute Gasteiger partial charge is 0.481 e. The number of carboxylic acids is 1. The Morgan fingerprint density at radius 2 is 1.68 bits per heavy atom. The Morgan fingerprint density at radius 3 is 2.16 bits per heavy atom. The van der Waals surface area contributed by atoms with Crippen LogP contribution in [-0.2, 0) is 9.59 Å². The summed E-state index contributed by atoms with van der Waals surface area (Å²) < 4.78 is 0. The molecule has 0 aromatic rings. The minimum atomic E-state index is -0.807. The number of rotatable bonds is 11. The van der Waals surface area contributed by atoms with Gasteiger partial charge in [-0.05, 0) is 31.2 Å². The fraction of sp³-hybridized carbons (Fsp3) is 0.857. The van der Waals surface area contributed by atoms with Gasteiger partial charge in [-0.15, -0.1) is 0 Å². The average Bonchev–Trinajstić information content (AvgIpc) is 2.35. The Hall–Kier alpha value is -1.10. The molecule has 0 fully saturated rings. The summed E-state index contributed by atoms with van der Waals surface area (Å²) in [5, 5.41) is 11.6. The maximum Gasteiger partial charge on any atom is 0.303 e. The van der Waals surface area contributed by atoms with Crippen LogP contribution in [0.2, 0.25) is 0 Å². The molecule has 0 aromatic heterocycles. The molecule has 0 saturated heterocycles. The second kappa shape index (κ2) is 10.8. The molecule has 0 radical (unpaired) electrons. The van der Waals surface area contributed by atoms with E-state index in [2.05, 4.69) is 12.2 Å². The molecule has 0 heterocycles. The third-order valence-electron chi connectivity index (χ3n) is 3.25. The molecule has 0 aliphatic carbocycles. The number of nitrogens with two attached hydrogens (primary N) is 1. The van der Waals surface area contributed by atoms with Crippen LogP contribution in [0.1, 0.15) is 52.4 Å². The Morgan fingerprint density at radius 1 is 1.11 bits per heavy atom. The van der Waals surface area contributed by atoms with Gasteiger partial charge in [0.25, 0.3) is 0 Å². The van der Waals surface area contributed by atoms with E-state index >= 15 is 0 Å². The maximum atomic E-state index is 11.8. The summed E-state index contributed by atoms with van der Waals surface area (Å²) in [5.41, 5.74) is 5.62. The van der Waals surface area contributed by atoms with Crippen LogP contribution in [0.4, 0.5) is 0 Å². The highest BCUT2D eigenvalue weighted by atomic mass is 16.4. The van der Waals surface area contributed by atoms with Gasteiger partial charge in [0.05, 0.1) is 0 Å². The molecule has 0 bridgehead atoms. The second-order valence-electron chi connectivity index (χ2n) is 5.15. The standard InChI is InChI=1S/C14H28N2O3/c1-3-5-11(9-15)7-13(17)16-10-12(6-4-2)8-14(18)19/h11-12H,3-10,15H2,1-2H3,(H,16,17)(H,18,19)/t11-,12+/m0/s1. The topological polar surface area (TPSA) is 92.4 Å². The smallest absolute Gasteiger partial charge is 0.303 e. The first-order chi connectivity index (χ1) is 9.03. The van der Waals surface area contributed by atoms with Crippen LogP contribution in [0, 0.1) is 11.8 Å². The summed E-state index contributed by atoms with van der Waals surface area (Å²) in [6.07, 6.45) is 4.28. The Labute approximate surface area is 115 Å². The first-order valence-corrected chi connectivity index (χ1v) is 7.21. The lowest BCUT2D eigenvalue weighted by molar-refractivity contribution is -0.138. The molecule has 112 valence electrons. The van der Waals surface area contributed by atoms with Crippen molar-refractivity contribution in [3.05, 3.63) is 0 Å². The van der Waals surface area contributed by atoms with E-state index in [-0.39, 0.29) is 24.2 Å². The van der Waals surface area contributed by atoms with E-state index in [1.54, 1.807) is 0 Å². The molecule has 0 aromatic carbocycles. The number of amides is 1. The molecule has 1 amide bonds. The Balaban J connectivity index is 4.05. The van der Waals surface area contributed by atoms with Crippen LogP contribution in [-0.4, -0.2) is 30.1 Å². The monoisotopic (exact) mass is 272 g/mol. The lowest BCUT2D eigenvalue weighted by Crippen LogP contribution is -2.32. The highest BCUT2D eigenvalue weighted by molar-refractivity contribution is 5.76. The molecule has 0 aliphatic heterocycles. The van der Waals surface area contributed by atoms with Crippen molar-refractivity contribution >= 4 is 11.9 Å². The predicted molar refractivity (Wildman–Crippen MR) is 75.7 cm³/mol. The van der Waals surface area contributed by atoms with Crippen LogP contribution in [0.25, 0.3) is 0 Å². The van der Waals surface area contributed by atoms with Crippen LogP contribution in [0.5, 0.6) is 0 Å². The lowest BCUT2D eigenvalue weighted by Gasteiger charge is -2.17. The van der Waals surface area contributed by atoms with E-state index in [9.17, 15) is 9.59 Å². The summed E-state index contributed by atoms with van der Waals surface area (Å²) in [4.78, 5) is 22.5. The molecule has 5 heteroatoms. The number of carbonyl (C=O) groups excluding carboxylic acids is 1. The zero-order valence-electron chi connectivity index (χ0n) is 12.2. The predicted octanol–water partition coefficient (Wildman–Crippen LogP) is 1.76. The number of hydrogen-bond donors (Lipinski definition) is 3. The molecule has 4 N–H and O–H groups in total. The van der Waals surface area contributed by atoms with Crippen molar-refractivity contribution < 1.29 is 14.7 Å². The molecule has 5 nitrogen and oxygen atoms in total. The van der Waals surface area contributed by atoms with Gasteiger partial charge in [-0.3, -0.25) is 9.59 Å². The SMILES string of the molecule is CCC[C@@H](CNC(=O)C[C@@H](CN)CCC)CC(=O)O. The van der Waals surface area contributed by atoms with E-state index < -0.39 is 5.97 Å². The normalized spacial score (nSPS) is 13.8. The Bertz CT molecular complexity index is 269. The van der Waals surface area contributed by atoms with Crippen molar-refractivity contribution in [1.29, 1.82) is 0 Å². The van der Waals surface area contributed by atoms with Crippen molar-refractivity contribution in [3.8, 4) is 0 Å². The van der Waals surface area contributed by atoms with Crippen LogP contribution in [0.3, 0.4) is 0 Å². The summed E-state index contributed by atoms with van der Waals surface area (Å²) in [5.74, 6) is -0.572. The molecular formula is C14H28N2O3. The third kappa shape index (κ3) is 9.47. The van der Waals surface area contributed by atoms with Gasteiger partial charge in [-0.1, -0.05) is 26.7 Å².